The van der Waals surface area contributed by atoms with E-state index in [4.69, 9.17) is 24.2 Å². The van der Waals surface area contributed by atoms with Crippen LogP contribution in [0.25, 0.3) is 0 Å². The van der Waals surface area contributed by atoms with Crippen LogP contribution in [-0.4, -0.2) is 88.0 Å². The number of ether oxygens (including phenoxy) is 2. The number of rotatable bonds is 34. The molecule has 13 nitrogen and oxygen atoms in total. The van der Waals surface area contributed by atoms with Gasteiger partial charge in [-0.1, -0.05) is 110 Å². The third-order valence-corrected chi connectivity index (χ3v) is 8.57. The molecule has 0 saturated carbocycles. The van der Waals surface area contributed by atoms with Crippen molar-refractivity contribution >= 4 is 25.7 Å². The van der Waals surface area contributed by atoms with Gasteiger partial charge in [0.05, 0.1) is 25.9 Å². The lowest BCUT2D eigenvalue weighted by Crippen LogP contribution is -2.29. The molecule has 0 saturated heterocycles. The summed E-state index contributed by atoms with van der Waals surface area (Å²) in [5.74, 6) is -2.19. The van der Waals surface area contributed by atoms with Crippen molar-refractivity contribution in [1.82, 2.24) is 0 Å². The van der Waals surface area contributed by atoms with E-state index in [0.29, 0.717) is 32.1 Å². The zero-order valence-corrected chi connectivity index (χ0v) is 29.9. The van der Waals surface area contributed by atoms with Crippen LogP contribution in [-0.2, 0) is 37.5 Å². The Morgan fingerprint density at radius 2 is 1.17 bits per heavy atom. The molecule has 0 aliphatic rings. The monoisotopic (exact) mass is 710 g/mol. The van der Waals surface area contributed by atoms with E-state index in [9.17, 15) is 34.1 Å². The Hall–Kier alpha value is -1.86. The first kappa shape index (κ1) is 46.1. The highest BCUT2D eigenvalue weighted by Crippen LogP contribution is 2.43. The highest BCUT2D eigenvalue weighted by molar-refractivity contribution is 7.47. The second-order valence-corrected chi connectivity index (χ2v) is 13.7. The van der Waals surface area contributed by atoms with Crippen molar-refractivity contribution in [3.05, 3.63) is 12.2 Å². The van der Waals surface area contributed by atoms with Gasteiger partial charge in [0, 0.05) is 18.9 Å². The summed E-state index contributed by atoms with van der Waals surface area (Å²) in [5, 5.41) is 36.5. The van der Waals surface area contributed by atoms with Gasteiger partial charge in [-0.05, 0) is 25.3 Å². The topological polar surface area (TPSA) is 206 Å². The van der Waals surface area contributed by atoms with Crippen LogP contribution in [0.3, 0.4) is 0 Å². The number of esters is 2. The molecule has 0 spiro atoms. The molecule has 0 amide bonds. The average Bonchev–Trinajstić information content (AvgIpc) is 3.05. The average molecular weight is 711 g/mol. The normalized spacial score (nSPS) is 14.8. The number of phosphoric ester groups is 1. The second-order valence-electron chi connectivity index (χ2n) is 12.3. The van der Waals surface area contributed by atoms with Gasteiger partial charge >= 0.3 is 25.7 Å². The van der Waals surface area contributed by atoms with Gasteiger partial charge in [-0.3, -0.25) is 18.6 Å². The molecule has 0 fully saturated rings. The molecule has 0 bridgehead atoms. The van der Waals surface area contributed by atoms with Crippen LogP contribution in [0.15, 0.2) is 12.2 Å². The van der Waals surface area contributed by atoms with Crippen LogP contribution in [0.5, 0.6) is 0 Å². The number of hydrogen-bond donors (Lipinski definition) is 5. The Balaban J connectivity index is 4.43. The fourth-order valence-electron chi connectivity index (χ4n) is 4.80. The molecule has 48 heavy (non-hydrogen) atoms. The lowest BCUT2D eigenvalue weighted by molar-refractivity contribution is -0.161. The number of carboxylic acids is 1. The standard InChI is InChI=1S/C34H63O13P/c1-2-3-4-5-6-7-8-9-10-11-12-15-18-21-33(40)44-27-31(28-46-48(42,43)45-26-30(37)25-35)47-34(41)22-19-16-13-14-17-20-29(36)23-24-32(38)39/h23-24,29-31,35-37H,2-22,25-28H2,1H3,(H,38,39)(H,42,43)/b24-23+/t29?,30-,31+/m0/s1. The highest BCUT2D eigenvalue weighted by atomic mass is 31.2. The number of phosphoric acid groups is 1. The minimum absolute atomic E-state index is 0.0589. The molecule has 4 atom stereocenters. The molecule has 0 aliphatic carbocycles. The van der Waals surface area contributed by atoms with Crippen LogP contribution in [0.4, 0.5) is 0 Å². The fraction of sp³-hybridized carbons (Fsp3) is 0.853. The van der Waals surface area contributed by atoms with Crippen LogP contribution < -0.4 is 0 Å². The van der Waals surface area contributed by atoms with Gasteiger partial charge in [0.25, 0.3) is 0 Å². The molecule has 0 aromatic carbocycles. The van der Waals surface area contributed by atoms with Gasteiger partial charge in [0.2, 0.25) is 0 Å². The van der Waals surface area contributed by atoms with Crippen LogP contribution in [0.2, 0.25) is 0 Å². The summed E-state index contributed by atoms with van der Waals surface area (Å²) in [6.45, 7) is -0.0779. The van der Waals surface area contributed by atoms with E-state index in [1.807, 2.05) is 0 Å². The summed E-state index contributed by atoms with van der Waals surface area (Å²) in [4.78, 5) is 45.1. The number of carbonyl (C=O) groups is 3. The largest absolute Gasteiger partial charge is 0.478 e. The zero-order valence-electron chi connectivity index (χ0n) is 29.0. The number of aliphatic carboxylic acids is 1. The van der Waals surface area contributed by atoms with Gasteiger partial charge < -0.3 is 34.8 Å². The maximum absolute atomic E-state index is 12.5. The molecule has 0 aromatic heterocycles. The summed E-state index contributed by atoms with van der Waals surface area (Å²) in [6.07, 6.45) is 18.3. The highest BCUT2D eigenvalue weighted by Gasteiger charge is 2.27. The summed E-state index contributed by atoms with van der Waals surface area (Å²) in [7, 11) is -4.66. The first-order valence-electron chi connectivity index (χ1n) is 17.8. The molecule has 0 aromatic rings. The quantitative estimate of drug-likeness (QED) is 0.0220. The van der Waals surface area contributed by atoms with Gasteiger partial charge in [0.15, 0.2) is 6.10 Å². The van der Waals surface area contributed by atoms with Crippen molar-refractivity contribution in [2.75, 3.05) is 26.4 Å². The predicted molar refractivity (Wildman–Crippen MR) is 181 cm³/mol. The Kier molecular flexibility index (Phi) is 29.9. The molecule has 282 valence electrons. The molecule has 5 N–H and O–H groups in total. The van der Waals surface area contributed by atoms with Gasteiger partial charge in [-0.15, -0.1) is 0 Å². The Morgan fingerprint density at radius 1 is 0.688 bits per heavy atom. The number of aliphatic hydroxyl groups is 3. The van der Waals surface area contributed by atoms with E-state index < -0.39 is 63.9 Å². The van der Waals surface area contributed by atoms with Gasteiger partial charge in [-0.2, -0.15) is 0 Å². The van der Waals surface area contributed by atoms with Crippen molar-refractivity contribution in [1.29, 1.82) is 0 Å². The lowest BCUT2D eigenvalue weighted by Gasteiger charge is -2.20. The third kappa shape index (κ3) is 31.4. The predicted octanol–water partition coefficient (Wildman–Crippen LogP) is 6.14. The first-order chi connectivity index (χ1) is 23.0. The minimum Gasteiger partial charge on any atom is -0.478 e. The third-order valence-electron chi connectivity index (χ3n) is 7.62. The SMILES string of the molecule is CCCCCCCCCCCCCCCC(=O)OC[C@H](COP(=O)(O)OC[C@@H](O)CO)OC(=O)CCCCCCCC(O)/C=C/C(=O)O. The molecule has 0 aliphatic heterocycles. The van der Waals surface area contributed by atoms with Crippen molar-refractivity contribution in [2.24, 2.45) is 0 Å². The smallest absolute Gasteiger partial charge is 0.472 e. The van der Waals surface area contributed by atoms with Crippen LogP contribution in [0.1, 0.15) is 142 Å². The molecule has 0 rings (SSSR count). The van der Waals surface area contributed by atoms with E-state index in [1.54, 1.807) is 0 Å². The molecule has 2 unspecified atom stereocenters. The summed E-state index contributed by atoms with van der Waals surface area (Å²) in [6, 6.07) is 0. The summed E-state index contributed by atoms with van der Waals surface area (Å²) >= 11 is 0. The van der Waals surface area contributed by atoms with Crippen molar-refractivity contribution < 1.29 is 62.8 Å². The van der Waals surface area contributed by atoms with Crippen molar-refractivity contribution in [3.8, 4) is 0 Å². The van der Waals surface area contributed by atoms with E-state index in [0.717, 1.165) is 38.2 Å². The Morgan fingerprint density at radius 3 is 1.69 bits per heavy atom. The van der Waals surface area contributed by atoms with E-state index in [2.05, 4.69) is 11.4 Å². The second kappa shape index (κ2) is 31.1. The summed E-state index contributed by atoms with van der Waals surface area (Å²) in [5.41, 5.74) is 0. The number of hydrogen-bond acceptors (Lipinski definition) is 11. The van der Waals surface area contributed by atoms with Gasteiger partial charge in [-0.25, -0.2) is 9.36 Å². The molecule has 0 heterocycles. The maximum Gasteiger partial charge on any atom is 0.472 e. The maximum atomic E-state index is 12.5. The molecular weight excluding hydrogens is 647 g/mol. The van der Waals surface area contributed by atoms with Crippen LogP contribution in [0, 0.1) is 0 Å². The number of carbonyl (C=O) groups excluding carboxylic acids is 2. The van der Waals surface area contributed by atoms with E-state index in [1.165, 1.54) is 63.9 Å². The zero-order chi connectivity index (χ0) is 35.9. The van der Waals surface area contributed by atoms with Crippen LogP contribution >= 0.6 is 7.82 Å². The molecule has 14 heteroatoms. The lowest BCUT2D eigenvalue weighted by atomic mass is 10.0. The first-order valence-corrected chi connectivity index (χ1v) is 19.3. The minimum atomic E-state index is -4.66. The molecule has 0 radical (unpaired) electrons. The summed E-state index contributed by atoms with van der Waals surface area (Å²) < 4.78 is 32.3. The number of unbranched alkanes of at least 4 members (excludes halogenated alkanes) is 16. The molecular formula is C34H63O13P. The number of aliphatic hydroxyl groups excluding tert-OH is 3. The van der Waals surface area contributed by atoms with E-state index in [-0.39, 0.29) is 19.4 Å². The van der Waals surface area contributed by atoms with Gasteiger partial charge in [0.1, 0.15) is 12.7 Å². The fourth-order valence-corrected chi connectivity index (χ4v) is 5.59. The van der Waals surface area contributed by atoms with Crippen molar-refractivity contribution in [3.63, 3.8) is 0 Å². The Bertz CT molecular complexity index is 898. The number of carboxylic acid groups (broad SMARTS) is 1. The van der Waals surface area contributed by atoms with Crippen molar-refractivity contribution in [2.45, 2.75) is 160 Å². The Labute approximate surface area is 287 Å². The van der Waals surface area contributed by atoms with E-state index >= 15 is 0 Å².